The first-order valence-corrected chi connectivity index (χ1v) is 48.2. The second kappa shape index (κ2) is 65.3. The Kier molecular flexibility index (Phi) is 54.9. The number of unbranched alkanes of at least 4 members (excludes halogenated alkanes) is 1. The Morgan fingerprint density at radius 2 is 0.638 bits per heavy atom. The van der Waals surface area contributed by atoms with Gasteiger partial charge in [-0.15, -0.1) is 0 Å². The van der Waals surface area contributed by atoms with E-state index in [4.69, 9.17) is 102 Å². The van der Waals surface area contributed by atoms with Crippen LogP contribution in [0.2, 0.25) is 0 Å². The second-order valence-corrected chi connectivity index (χ2v) is 35.6. The quantitative estimate of drug-likeness (QED) is 0.0125. The van der Waals surface area contributed by atoms with E-state index in [0.29, 0.717) is 30.7 Å². The molecule has 0 radical (unpaired) electrons. The third kappa shape index (κ3) is 50.0. The molecule has 2 heterocycles. The van der Waals surface area contributed by atoms with Gasteiger partial charge in [0.1, 0.15) is 66.5 Å². The maximum atomic E-state index is 15.2. The number of rotatable bonds is 69. The van der Waals surface area contributed by atoms with Gasteiger partial charge in [0, 0.05) is 89.2 Å². The lowest BCUT2D eigenvalue weighted by Gasteiger charge is -2.29. The van der Waals surface area contributed by atoms with Gasteiger partial charge in [0.25, 0.3) is 0 Å². The number of carbonyl (C=O) groups excluding carboxylic acids is 12. The van der Waals surface area contributed by atoms with E-state index < -0.39 is 186 Å². The predicted molar refractivity (Wildman–Crippen MR) is 531 cm³/mol. The smallest absolute Gasteiger partial charge is 0.326 e. The van der Waals surface area contributed by atoms with E-state index in [1.165, 1.54) is 0 Å². The molecule has 1 saturated carbocycles. The van der Waals surface area contributed by atoms with Crippen molar-refractivity contribution in [2.75, 3.05) is 64.7 Å². The van der Waals surface area contributed by atoms with E-state index in [0.717, 1.165) is 43.4 Å². The number of aliphatic carboxylic acids is 2. The Morgan fingerprint density at radius 3 is 0.922 bits per heavy atom. The average molecular weight is 2010 g/mol. The fourth-order valence-corrected chi connectivity index (χ4v) is 17.2. The Labute approximate surface area is 821 Å². The van der Waals surface area contributed by atoms with E-state index in [2.05, 4.69) is 116 Å². The number of amides is 13. The van der Waals surface area contributed by atoms with Crippen molar-refractivity contribution in [3.8, 4) is 0 Å². The van der Waals surface area contributed by atoms with E-state index in [1.54, 1.807) is 23.9 Å². The summed E-state index contributed by atoms with van der Waals surface area (Å²) in [5.74, 6) is -16.2. The lowest BCUT2D eigenvalue weighted by molar-refractivity contribution is -0.142. The normalized spacial score (nSPS) is 16.4. The number of fused-ring (bicyclic) bond motifs is 1. The molecule has 1 aromatic carbocycles. The van der Waals surface area contributed by atoms with Gasteiger partial charge in [-0.1, -0.05) is 49.9 Å². The molecule has 1 aromatic rings. The number of carboxylic acids is 2. The van der Waals surface area contributed by atoms with Gasteiger partial charge in [0.2, 0.25) is 65.0 Å². The van der Waals surface area contributed by atoms with Crippen molar-refractivity contribution in [1.29, 1.82) is 27.0 Å². The number of guanidine groups is 9. The van der Waals surface area contributed by atoms with Gasteiger partial charge in [-0.05, 0) is 165 Å². The zero-order valence-corrected chi connectivity index (χ0v) is 80.4. The minimum Gasteiger partial charge on any atom is -0.481 e. The second-order valence-electron chi connectivity index (χ2n) is 34.4. The average Bonchev–Trinajstić information content (AvgIpc) is 1.67. The van der Waals surface area contributed by atoms with E-state index >= 15 is 24.0 Å². The topological polar surface area (TPSA) is 1000 Å². The first kappa shape index (κ1) is 119. The van der Waals surface area contributed by atoms with Crippen molar-refractivity contribution in [3.05, 3.63) is 35.4 Å². The number of aliphatic imine (C=N–C) groups is 4. The van der Waals surface area contributed by atoms with Gasteiger partial charge in [-0.3, -0.25) is 105 Å². The molecular formula is C84H150N40O16S. The van der Waals surface area contributed by atoms with Crippen molar-refractivity contribution in [3.63, 3.8) is 0 Å². The molecule has 1 aliphatic carbocycles. The molecule has 788 valence electrons. The molecule has 0 bridgehead atoms. The highest BCUT2D eigenvalue weighted by Crippen LogP contribution is 2.34. The molecule has 2 saturated heterocycles. The molecule has 141 heavy (non-hydrogen) atoms. The molecule has 56 nitrogen and oxygen atoms in total. The summed E-state index contributed by atoms with van der Waals surface area (Å²) in [4.78, 5) is 216. The Morgan fingerprint density at radius 1 is 0.355 bits per heavy atom. The highest BCUT2D eigenvalue weighted by Gasteiger charge is 2.43. The van der Waals surface area contributed by atoms with Crippen LogP contribution in [0.1, 0.15) is 203 Å². The summed E-state index contributed by atoms with van der Waals surface area (Å²) >= 11 is 1.72. The maximum absolute atomic E-state index is 15.2. The number of thioether (sulfide) groups is 1. The molecule has 3 aliphatic rings. The number of carbonyl (C=O) groups is 14. The molecule has 3 fully saturated rings. The molecule has 51 N–H and O–H groups in total. The van der Waals surface area contributed by atoms with Crippen LogP contribution in [0.25, 0.3) is 0 Å². The minimum atomic E-state index is -1.82. The van der Waals surface area contributed by atoms with Crippen LogP contribution < -0.4 is 170 Å². The van der Waals surface area contributed by atoms with E-state index in [9.17, 15) is 53.4 Å². The zero-order chi connectivity index (χ0) is 104. The Hall–Kier alpha value is -14.6. The largest absolute Gasteiger partial charge is 0.481 e. The van der Waals surface area contributed by atoms with Crippen molar-refractivity contribution >= 4 is 148 Å². The summed E-state index contributed by atoms with van der Waals surface area (Å²) in [6.07, 6.45) is 3.13. The van der Waals surface area contributed by atoms with Crippen LogP contribution >= 0.6 is 11.8 Å². The summed E-state index contributed by atoms with van der Waals surface area (Å²) in [6, 6.07) is -10.6. The van der Waals surface area contributed by atoms with Gasteiger partial charge in [-0.2, -0.15) is 11.8 Å². The van der Waals surface area contributed by atoms with Crippen LogP contribution in [-0.2, 0) is 68.7 Å². The van der Waals surface area contributed by atoms with E-state index in [1.807, 2.05) is 12.1 Å². The standard InChI is InChI=1S/C84H150N40O16S/c85-75(86)103-34-6-17-48(112-61(125)27-5-4-26-60-63-59(44-141-60)123-84(140)124-63)64(128)113-49(18-7-35-104-76(87)88)65(129)114-50(19-8-36-105-77(89)90)66(130)115-51(20-9-37-106-78(91)92)67(131)116-52(21-10-38-107-79(93)94)68(132)117-53(22-11-39-108-80(95)96)69(133)118-54(23-12-40-109-81(97)98)70(134)119-55(24-13-41-110-82(99)100)71(135)121-57(32-33-62(126)127)73(137)120-56(25-14-42-111-83(101)102)72(136)122-58(74(138)139)43-45-28-30-47(31-29-45)46-15-2-1-3-16-46/h28-31,46,48-60,63H,1-27,32-44H2,(H,112,125)(H,113,128)(H,114,129)(H,115,130)(H,116,131)(H,117,132)(H,118,133)(H,119,134)(H,120,137)(H,121,135)(H,122,136)(H,126,127)(H,138,139)(H4,85,86,103)(H4,87,88,104)(H4,89,90,105)(H4,91,92,106)(H4,93,94,107)(H4,95,96,108)(H4,97,98,109)(H4,99,100,110)(H4,101,102,111)(H2,123,124,140)/t48-,49-,50-,51-,52-,53-,54-,55-,56-,57-,58-,59-,60-,63-/m0/s1. The molecule has 0 spiro atoms. The first-order valence-electron chi connectivity index (χ1n) is 47.1. The molecule has 14 atom stereocenters. The van der Waals surface area contributed by atoms with Crippen molar-refractivity contribution < 1.29 is 77.3 Å². The lowest BCUT2D eigenvalue weighted by atomic mass is 9.84. The van der Waals surface area contributed by atoms with Crippen LogP contribution in [0, 0.1) is 27.0 Å². The van der Waals surface area contributed by atoms with Gasteiger partial charge in [-0.25, -0.2) is 9.59 Å². The lowest BCUT2D eigenvalue weighted by Crippen LogP contribution is -2.61. The van der Waals surface area contributed by atoms with Crippen LogP contribution in [0.15, 0.2) is 44.2 Å². The first-order chi connectivity index (χ1) is 67.0. The van der Waals surface area contributed by atoms with E-state index in [-0.39, 0.29) is 235 Å². The van der Waals surface area contributed by atoms with Gasteiger partial charge >= 0.3 is 18.0 Å². The summed E-state index contributed by atoms with van der Waals surface area (Å²) in [5.41, 5.74) is 74.8. The highest BCUT2D eigenvalue weighted by molar-refractivity contribution is 8.00. The number of hydrogen-bond acceptors (Lipinski definition) is 24. The van der Waals surface area contributed by atoms with Crippen LogP contribution in [0.5, 0.6) is 0 Å². The Balaban J connectivity index is 1.75. The zero-order valence-electron chi connectivity index (χ0n) is 79.6. The number of nitrogens with zero attached hydrogens (tertiary/aromatic N) is 4. The summed E-state index contributed by atoms with van der Waals surface area (Å²) in [7, 11) is 0. The molecule has 0 unspecified atom stereocenters. The molecule has 57 heteroatoms. The number of nitrogens with two attached hydrogens (primary N) is 13. The van der Waals surface area contributed by atoms with Crippen molar-refractivity contribution in [2.45, 2.75) is 282 Å². The molecule has 0 aromatic heterocycles. The minimum absolute atomic E-state index is 0.00176. The van der Waals surface area contributed by atoms with Crippen LogP contribution in [0.4, 0.5) is 4.79 Å². The summed E-state index contributed by atoms with van der Waals surface area (Å²) in [6.45, 7) is -0.637. The number of benzene rings is 1. The Bertz CT molecular complexity index is 4430. The number of carboxylic acid groups (broad SMARTS) is 2. The molecule has 2 aliphatic heterocycles. The number of urea groups is 1. The monoisotopic (exact) mass is 2010 g/mol. The number of hydrogen-bond donors (Lipinski definition) is 38. The highest BCUT2D eigenvalue weighted by atomic mass is 32.2. The third-order valence-corrected chi connectivity index (χ3v) is 24.4. The number of nitrogens with one attached hydrogen (secondary N) is 23. The third-order valence-electron chi connectivity index (χ3n) is 22.9. The summed E-state index contributed by atoms with van der Waals surface area (Å²) < 4.78 is 0. The fourth-order valence-electron chi connectivity index (χ4n) is 15.7. The molecule has 13 amide bonds. The van der Waals surface area contributed by atoms with Gasteiger partial charge < -0.3 is 180 Å². The molecule has 4 rings (SSSR count). The fraction of sp³-hybridized carbons (Fsp3) is 0.655. The van der Waals surface area contributed by atoms with Gasteiger partial charge in [0.15, 0.2) is 53.6 Å². The maximum Gasteiger partial charge on any atom is 0.326 e. The van der Waals surface area contributed by atoms with Crippen LogP contribution in [-0.4, -0.2) is 295 Å². The SMILES string of the molecule is N=C(N)NCCC[C@H](NC(=O)[C@H](CCCNC(=N)N)NC(=O)[C@H](CCCNC(=N)N)NC(=O)[C@H](CCCNC(=N)N)NC(=O)[C@H](CCCNC(=N)N)NC(=O)[C@H](CCCN=C(N)N)NC(=O)[C@H](CCCN=C(N)N)NC(=O)[C@H](CCCN=C(N)N)NC(=O)CCCC[C@@H]1SC[C@@H]2NC(=O)N[C@@H]21)C(=O)N[C@@H](CCC(=O)O)C(=O)N[C@@H](CCCN=C(N)N)C(=O)N[C@@H](Cc1ccc(C2CCCCC2)cc1)C(=O)O. The van der Waals surface area contributed by atoms with Crippen molar-refractivity contribution in [1.82, 2.24) is 95.7 Å². The summed E-state index contributed by atoms with van der Waals surface area (Å²) in [5, 5.41) is 107. The van der Waals surface area contributed by atoms with Gasteiger partial charge in [0.05, 0.1) is 12.1 Å². The van der Waals surface area contributed by atoms with Crippen LogP contribution in [0.3, 0.4) is 0 Å². The predicted octanol–water partition coefficient (Wildman–Crippen LogP) is -9.18. The van der Waals surface area contributed by atoms with Crippen molar-refractivity contribution in [2.24, 2.45) is 94.5 Å². The molecular weight excluding hydrogens is 1860 g/mol.